The Morgan fingerprint density at radius 1 is 1.02 bits per heavy atom. The molecule has 3 aromatic carbocycles. The third-order valence-corrected chi connectivity index (χ3v) is 9.49. The molecule has 0 aliphatic carbocycles. The number of methoxy groups -OCH3 is 1. The van der Waals surface area contributed by atoms with Crippen LogP contribution in [0.1, 0.15) is 18.4 Å². The number of carbonyl (C=O) groups is 2. The highest BCUT2D eigenvalue weighted by Crippen LogP contribution is 2.33. The molecule has 2 aliphatic heterocycles. The van der Waals surface area contributed by atoms with Gasteiger partial charge in [0.15, 0.2) is 23.0 Å². The largest absolute Gasteiger partial charge is 0.488 e. The number of aromatic nitrogens is 4. The number of carbonyl (C=O) groups excluding carboxylic acids is 2. The summed E-state index contributed by atoms with van der Waals surface area (Å²) in [6.07, 6.45) is 6.74. The fraction of sp³-hybridized carbons (Fsp3) is 0.289. The predicted octanol–water partition coefficient (Wildman–Crippen LogP) is 4.54. The molecular formula is C38H38FN7O5. The van der Waals surface area contributed by atoms with Crippen LogP contribution in [-0.2, 0) is 14.3 Å². The zero-order valence-corrected chi connectivity index (χ0v) is 28.1. The van der Waals surface area contributed by atoms with Crippen LogP contribution >= 0.6 is 0 Å². The van der Waals surface area contributed by atoms with E-state index in [1.54, 1.807) is 42.7 Å². The number of nitrogens with one attached hydrogen (secondary N) is 2. The van der Waals surface area contributed by atoms with Gasteiger partial charge in [0.2, 0.25) is 5.91 Å². The monoisotopic (exact) mass is 691 g/mol. The van der Waals surface area contributed by atoms with Crippen molar-refractivity contribution in [1.29, 1.82) is 0 Å². The van der Waals surface area contributed by atoms with E-state index in [0.29, 0.717) is 48.8 Å². The maximum atomic E-state index is 14.3. The number of nitrogens with zero attached hydrogens (tertiary/aromatic N) is 5. The second-order valence-corrected chi connectivity index (χ2v) is 12.6. The summed E-state index contributed by atoms with van der Waals surface area (Å²) >= 11 is 0. The van der Waals surface area contributed by atoms with Crippen molar-refractivity contribution in [3.8, 4) is 28.4 Å². The summed E-state index contributed by atoms with van der Waals surface area (Å²) in [5.74, 6) is -0.142. The first-order valence-electron chi connectivity index (χ1n) is 16.8. The van der Waals surface area contributed by atoms with E-state index >= 15 is 0 Å². The van der Waals surface area contributed by atoms with Crippen molar-refractivity contribution in [2.24, 2.45) is 0 Å². The van der Waals surface area contributed by atoms with Crippen LogP contribution < -0.4 is 10.1 Å². The SMILES string of the molecule is CO[C@@]1(C(=O)Nc2ccc3[nH]nc(-c4ccc(F)c(OCCO)c4)c3c2)CCN(CC(=O)N2CC=C(c3ccc(-c4ncccn4)cc3)CC2)C1. The number of aromatic amines is 1. The number of halogens is 1. The molecule has 0 spiro atoms. The summed E-state index contributed by atoms with van der Waals surface area (Å²) in [5, 5.41) is 20.2. The second kappa shape index (κ2) is 14.8. The highest BCUT2D eigenvalue weighted by Gasteiger charge is 2.45. The summed E-state index contributed by atoms with van der Waals surface area (Å²) in [5.41, 5.74) is 4.58. The van der Waals surface area contributed by atoms with E-state index in [4.69, 9.17) is 14.6 Å². The van der Waals surface area contributed by atoms with E-state index in [1.807, 2.05) is 21.9 Å². The lowest BCUT2D eigenvalue weighted by Crippen LogP contribution is -2.48. The van der Waals surface area contributed by atoms with Crippen LogP contribution in [0.4, 0.5) is 10.1 Å². The molecule has 12 nitrogen and oxygen atoms in total. The molecule has 5 aromatic rings. The Labute approximate surface area is 293 Å². The topological polar surface area (TPSA) is 146 Å². The van der Waals surface area contributed by atoms with Crippen molar-refractivity contribution < 1.29 is 28.6 Å². The maximum absolute atomic E-state index is 14.3. The summed E-state index contributed by atoms with van der Waals surface area (Å²) < 4.78 is 25.4. The first-order chi connectivity index (χ1) is 24.9. The first-order valence-corrected chi connectivity index (χ1v) is 16.8. The number of benzene rings is 3. The zero-order valence-electron chi connectivity index (χ0n) is 28.1. The van der Waals surface area contributed by atoms with Crippen molar-refractivity contribution in [1.82, 2.24) is 30.0 Å². The molecule has 1 fully saturated rings. The van der Waals surface area contributed by atoms with Gasteiger partial charge in [0.25, 0.3) is 5.91 Å². The number of anilines is 1. The molecule has 2 aromatic heterocycles. The number of hydrogen-bond acceptors (Lipinski definition) is 9. The van der Waals surface area contributed by atoms with Crippen LogP contribution in [0.15, 0.2) is 85.2 Å². The number of aliphatic hydroxyl groups is 1. The second-order valence-electron chi connectivity index (χ2n) is 12.6. The van der Waals surface area contributed by atoms with Crippen LogP contribution in [0.5, 0.6) is 5.75 Å². The number of aliphatic hydroxyl groups excluding tert-OH is 1. The molecule has 262 valence electrons. The number of amides is 2. The number of ether oxygens (including phenoxy) is 2. The molecule has 0 unspecified atom stereocenters. The van der Waals surface area contributed by atoms with E-state index in [-0.39, 0.29) is 43.9 Å². The Bertz CT molecular complexity index is 2070. The van der Waals surface area contributed by atoms with Gasteiger partial charge in [0, 0.05) is 67.9 Å². The standard InChI is InChI=1S/C38H38FN7O5/c1-50-38(37(49)42-29-8-10-32-30(22-29)35(44-43-32)28-7-9-31(39)33(21-28)51-20-19-47)13-18-45(24-38)23-34(48)46-16-11-26(12-17-46)25-3-5-27(6-4-25)36-40-14-2-15-41-36/h2-11,14-15,21-22,47H,12-13,16-20,23-24H2,1H3,(H,42,49)(H,43,44)/t38-/m0/s1. The van der Waals surface area contributed by atoms with E-state index in [1.165, 1.54) is 24.8 Å². The van der Waals surface area contributed by atoms with Gasteiger partial charge in [-0.25, -0.2) is 14.4 Å². The summed E-state index contributed by atoms with van der Waals surface area (Å²) in [6, 6.07) is 19.7. The van der Waals surface area contributed by atoms with Crippen LogP contribution in [0.2, 0.25) is 0 Å². The minimum absolute atomic E-state index is 0.0104. The third-order valence-electron chi connectivity index (χ3n) is 9.49. The van der Waals surface area contributed by atoms with Gasteiger partial charge in [-0.15, -0.1) is 0 Å². The molecule has 2 amide bonds. The fourth-order valence-corrected chi connectivity index (χ4v) is 6.64. The number of hydrogen-bond donors (Lipinski definition) is 3. The van der Waals surface area contributed by atoms with Crippen molar-refractivity contribution in [3.05, 3.63) is 96.6 Å². The fourth-order valence-electron chi connectivity index (χ4n) is 6.64. The summed E-state index contributed by atoms with van der Waals surface area (Å²) in [7, 11) is 1.52. The third kappa shape index (κ3) is 7.22. The van der Waals surface area contributed by atoms with Gasteiger partial charge in [-0.3, -0.25) is 19.6 Å². The summed E-state index contributed by atoms with van der Waals surface area (Å²) in [4.78, 5) is 39.5. The average molecular weight is 692 g/mol. The van der Waals surface area contributed by atoms with Gasteiger partial charge in [-0.2, -0.15) is 5.10 Å². The van der Waals surface area contributed by atoms with Gasteiger partial charge >= 0.3 is 0 Å². The first kappa shape index (κ1) is 34.0. The lowest BCUT2D eigenvalue weighted by atomic mass is 9.98. The van der Waals surface area contributed by atoms with Crippen LogP contribution in [0.3, 0.4) is 0 Å². The average Bonchev–Trinajstić information content (AvgIpc) is 3.80. The van der Waals surface area contributed by atoms with Gasteiger partial charge in [-0.05, 0) is 66.4 Å². The maximum Gasteiger partial charge on any atom is 0.258 e. The molecule has 1 atom stereocenters. The number of likely N-dealkylation sites (tertiary alicyclic amines) is 1. The van der Waals surface area contributed by atoms with Crippen molar-refractivity contribution in [2.75, 3.05) is 58.4 Å². The summed E-state index contributed by atoms with van der Waals surface area (Å²) in [6.45, 7) is 1.87. The highest BCUT2D eigenvalue weighted by atomic mass is 19.1. The molecule has 7 rings (SSSR count). The molecule has 3 N–H and O–H groups in total. The van der Waals surface area contributed by atoms with Crippen molar-refractivity contribution in [3.63, 3.8) is 0 Å². The molecular weight excluding hydrogens is 653 g/mol. The van der Waals surface area contributed by atoms with E-state index in [0.717, 1.165) is 28.5 Å². The van der Waals surface area contributed by atoms with Crippen molar-refractivity contribution in [2.45, 2.75) is 18.4 Å². The normalized spacial score (nSPS) is 17.8. The minimum Gasteiger partial charge on any atom is -0.488 e. The molecule has 51 heavy (non-hydrogen) atoms. The van der Waals surface area contributed by atoms with Crippen LogP contribution in [0.25, 0.3) is 39.1 Å². The Kier molecular flexibility index (Phi) is 9.84. The lowest BCUT2D eigenvalue weighted by Gasteiger charge is -2.30. The van der Waals surface area contributed by atoms with E-state index in [9.17, 15) is 14.0 Å². The number of fused-ring (bicyclic) bond motifs is 1. The number of rotatable bonds is 11. The molecule has 1 saturated heterocycles. The minimum atomic E-state index is -1.13. The lowest BCUT2D eigenvalue weighted by molar-refractivity contribution is -0.138. The molecule has 0 bridgehead atoms. The molecule has 0 saturated carbocycles. The van der Waals surface area contributed by atoms with Crippen molar-refractivity contribution >= 4 is 34.0 Å². The van der Waals surface area contributed by atoms with Gasteiger partial charge < -0.3 is 24.8 Å². The Balaban J connectivity index is 0.967. The number of H-pyrrole nitrogens is 1. The quantitative estimate of drug-likeness (QED) is 0.182. The highest BCUT2D eigenvalue weighted by molar-refractivity contribution is 6.01. The van der Waals surface area contributed by atoms with Gasteiger partial charge in [0.1, 0.15) is 12.3 Å². The predicted molar refractivity (Wildman–Crippen MR) is 190 cm³/mol. The van der Waals surface area contributed by atoms with Gasteiger partial charge in [-0.1, -0.05) is 30.3 Å². The van der Waals surface area contributed by atoms with E-state index in [2.05, 4.69) is 43.7 Å². The molecule has 13 heteroatoms. The molecule has 0 radical (unpaired) electrons. The Hall–Kier alpha value is -5.50. The molecule has 2 aliphatic rings. The molecule has 4 heterocycles. The Morgan fingerprint density at radius 3 is 2.55 bits per heavy atom. The Morgan fingerprint density at radius 2 is 1.80 bits per heavy atom. The van der Waals surface area contributed by atoms with Crippen LogP contribution in [-0.4, -0.2) is 106 Å². The van der Waals surface area contributed by atoms with E-state index < -0.39 is 11.4 Å². The van der Waals surface area contributed by atoms with Crippen LogP contribution in [0, 0.1) is 5.82 Å². The van der Waals surface area contributed by atoms with Gasteiger partial charge in [0.05, 0.1) is 18.7 Å². The zero-order chi connectivity index (χ0) is 35.4. The smallest absolute Gasteiger partial charge is 0.258 e.